The quantitative estimate of drug-likeness (QED) is 0.538. The van der Waals surface area contributed by atoms with E-state index in [0.29, 0.717) is 21.8 Å². The summed E-state index contributed by atoms with van der Waals surface area (Å²) in [7, 11) is 1.62. The largest absolute Gasteiger partial charge is 0.383 e. The molecule has 0 saturated carbocycles. The summed E-state index contributed by atoms with van der Waals surface area (Å²) in [6.45, 7) is 0. The highest BCUT2D eigenvalue weighted by Crippen LogP contribution is 2.28. The van der Waals surface area contributed by atoms with Crippen molar-refractivity contribution in [1.29, 1.82) is 0 Å². The fourth-order valence-electron chi connectivity index (χ4n) is 2.30. The topological polar surface area (TPSA) is 111 Å². The van der Waals surface area contributed by atoms with E-state index in [4.69, 9.17) is 0 Å². The SMILES string of the molecule is CNc1ccc(/C=C/c2nc3cc([N+](=O)[O-])ccc3s2)cc1[N+](=O)[O-]. The van der Waals surface area contributed by atoms with Crippen LogP contribution in [0, 0.1) is 20.2 Å². The second-order valence-electron chi connectivity index (χ2n) is 5.08. The van der Waals surface area contributed by atoms with Gasteiger partial charge in [-0.1, -0.05) is 12.1 Å². The monoisotopic (exact) mass is 356 g/mol. The van der Waals surface area contributed by atoms with Gasteiger partial charge in [-0.2, -0.15) is 0 Å². The van der Waals surface area contributed by atoms with Crippen molar-refractivity contribution in [2.45, 2.75) is 0 Å². The van der Waals surface area contributed by atoms with Crippen LogP contribution in [0.25, 0.3) is 22.4 Å². The number of thiazole rings is 1. The normalized spacial score (nSPS) is 11.1. The van der Waals surface area contributed by atoms with E-state index in [1.165, 1.54) is 29.5 Å². The average molecular weight is 356 g/mol. The third-order valence-corrected chi connectivity index (χ3v) is 4.51. The minimum absolute atomic E-state index is 0.00777. The average Bonchev–Trinajstić information content (AvgIpc) is 3.01. The molecule has 3 aromatic rings. The first-order chi connectivity index (χ1) is 12.0. The number of rotatable bonds is 5. The van der Waals surface area contributed by atoms with Crippen LogP contribution in [-0.2, 0) is 0 Å². The van der Waals surface area contributed by atoms with Crippen molar-refractivity contribution in [3.63, 3.8) is 0 Å². The maximum Gasteiger partial charge on any atom is 0.292 e. The molecule has 0 fully saturated rings. The Morgan fingerprint density at radius 2 is 1.88 bits per heavy atom. The van der Waals surface area contributed by atoms with Crippen molar-refractivity contribution < 1.29 is 9.85 Å². The molecule has 0 aliphatic heterocycles. The molecule has 25 heavy (non-hydrogen) atoms. The molecular formula is C16H12N4O4S. The number of aromatic nitrogens is 1. The number of nitrogens with zero attached hydrogens (tertiary/aromatic N) is 3. The molecule has 0 aliphatic rings. The van der Waals surface area contributed by atoms with E-state index in [9.17, 15) is 20.2 Å². The van der Waals surface area contributed by atoms with Gasteiger partial charge in [0.2, 0.25) is 0 Å². The summed E-state index contributed by atoms with van der Waals surface area (Å²) < 4.78 is 0.835. The summed E-state index contributed by atoms with van der Waals surface area (Å²) in [6.07, 6.45) is 3.45. The Labute approximate surface area is 145 Å². The predicted molar refractivity (Wildman–Crippen MR) is 97.8 cm³/mol. The second kappa shape index (κ2) is 6.65. The van der Waals surface area contributed by atoms with E-state index < -0.39 is 9.85 Å². The van der Waals surface area contributed by atoms with Crippen molar-refractivity contribution in [2.24, 2.45) is 0 Å². The molecule has 3 rings (SSSR count). The Kier molecular flexibility index (Phi) is 4.40. The summed E-state index contributed by atoms with van der Waals surface area (Å²) in [4.78, 5) is 25.3. The molecule has 0 unspecified atom stereocenters. The number of hydrogen-bond donors (Lipinski definition) is 1. The molecule has 2 aromatic carbocycles. The van der Waals surface area contributed by atoms with Crippen molar-refractivity contribution in [3.05, 3.63) is 67.2 Å². The number of anilines is 1. The van der Waals surface area contributed by atoms with Gasteiger partial charge in [-0.15, -0.1) is 11.3 Å². The molecule has 1 heterocycles. The zero-order valence-electron chi connectivity index (χ0n) is 13.0. The number of non-ortho nitro benzene ring substituents is 1. The van der Waals surface area contributed by atoms with Gasteiger partial charge in [0.15, 0.2) is 0 Å². The maximum atomic E-state index is 11.1. The minimum Gasteiger partial charge on any atom is -0.383 e. The first-order valence-corrected chi connectivity index (χ1v) is 7.99. The molecular weight excluding hydrogens is 344 g/mol. The van der Waals surface area contributed by atoms with E-state index in [1.54, 1.807) is 37.4 Å². The first-order valence-electron chi connectivity index (χ1n) is 7.17. The minimum atomic E-state index is -0.462. The van der Waals surface area contributed by atoms with Crippen molar-refractivity contribution in [1.82, 2.24) is 4.98 Å². The highest BCUT2D eigenvalue weighted by atomic mass is 32.1. The third kappa shape index (κ3) is 3.45. The van der Waals surface area contributed by atoms with Crippen LogP contribution in [-0.4, -0.2) is 21.9 Å². The van der Waals surface area contributed by atoms with Crippen LogP contribution in [0.1, 0.15) is 10.6 Å². The number of fused-ring (bicyclic) bond motifs is 1. The summed E-state index contributed by atoms with van der Waals surface area (Å²) in [5.41, 5.74) is 1.64. The van der Waals surface area contributed by atoms with Crippen LogP contribution >= 0.6 is 11.3 Å². The van der Waals surface area contributed by atoms with Gasteiger partial charge >= 0.3 is 0 Å². The van der Waals surface area contributed by atoms with Crippen LogP contribution in [0.15, 0.2) is 36.4 Å². The molecule has 0 atom stereocenters. The molecule has 0 aliphatic carbocycles. The van der Waals surface area contributed by atoms with Gasteiger partial charge in [0.05, 0.1) is 20.1 Å². The fraction of sp³-hybridized carbons (Fsp3) is 0.0625. The highest BCUT2D eigenvalue weighted by Gasteiger charge is 2.13. The molecule has 0 saturated heterocycles. The molecule has 9 heteroatoms. The molecule has 1 N–H and O–H groups in total. The Bertz CT molecular complexity index is 1010. The number of nitro benzene ring substituents is 2. The zero-order chi connectivity index (χ0) is 18.0. The Balaban J connectivity index is 1.91. The number of hydrogen-bond acceptors (Lipinski definition) is 7. The zero-order valence-corrected chi connectivity index (χ0v) is 13.8. The molecule has 8 nitrogen and oxygen atoms in total. The summed E-state index contributed by atoms with van der Waals surface area (Å²) in [5.74, 6) is 0. The van der Waals surface area contributed by atoms with E-state index in [1.807, 2.05) is 0 Å². The number of nitrogens with one attached hydrogen (secondary N) is 1. The molecule has 0 bridgehead atoms. The maximum absolute atomic E-state index is 11.1. The summed E-state index contributed by atoms with van der Waals surface area (Å²) >= 11 is 1.39. The van der Waals surface area contributed by atoms with Gasteiger partial charge in [-0.25, -0.2) is 4.98 Å². The van der Waals surface area contributed by atoms with Crippen molar-refractivity contribution in [3.8, 4) is 0 Å². The lowest BCUT2D eigenvalue weighted by Gasteiger charge is -2.02. The molecule has 0 spiro atoms. The Morgan fingerprint density at radius 1 is 1.08 bits per heavy atom. The lowest BCUT2D eigenvalue weighted by molar-refractivity contribution is -0.384. The van der Waals surface area contributed by atoms with Gasteiger partial charge in [0, 0.05) is 25.2 Å². The summed E-state index contributed by atoms with van der Waals surface area (Å²) in [6, 6.07) is 9.39. The van der Waals surface area contributed by atoms with Crippen molar-refractivity contribution in [2.75, 3.05) is 12.4 Å². The van der Waals surface area contributed by atoms with Gasteiger partial charge in [0.1, 0.15) is 10.7 Å². The van der Waals surface area contributed by atoms with Gasteiger partial charge in [0.25, 0.3) is 11.4 Å². The fourth-order valence-corrected chi connectivity index (χ4v) is 3.15. The van der Waals surface area contributed by atoms with Crippen LogP contribution in [0.5, 0.6) is 0 Å². The predicted octanol–water partition coefficient (Wildman–Crippen LogP) is 4.32. The standard InChI is InChI=1S/C16H12N4O4S/c1-17-12-5-2-10(8-14(12)20(23)24)3-7-16-18-13-9-11(19(21)22)4-6-15(13)25-16/h2-9,17H,1H3/b7-3+. The second-order valence-corrected chi connectivity index (χ2v) is 6.14. The van der Waals surface area contributed by atoms with Crippen LogP contribution in [0.2, 0.25) is 0 Å². The van der Waals surface area contributed by atoms with Gasteiger partial charge in [-0.3, -0.25) is 20.2 Å². The van der Waals surface area contributed by atoms with E-state index in [-0.39, 0.29) is 11.4 Å². The number of nitro groups is 2. The first kappa shape index (κ1) is 16.5. The van der Waals surface area contributed by atoms with Crippen LogP contribution in [0.3, 0.4) is 0 Å². The van der Waals surface area contributed by atoms with Crippen molar-refractivity contribution >= 4 is 50.8 Å². The number of benzene rings is 2. The van der Waals surface area contributed by atoms with E-state index in [2.05, 4.69) is 10.3 Å². The van der Waals surface area contributed by atoms with Gasteiger partial charge < -0.3 is 5.32 Å². The Morgan fingerprint density at radius 3 is 2.56 bits per heavy atom. The lowest BCUT2D eigenvalue weighted by Crippen LogP contribution is -1.96. The summed E-state index contributed by atoms with van der Waals surface area (Å²) in [5, 5.41) is 25.3. The Hall–Kier alpha value is -3.33. The third-order valence-electron chi connectivity index (χ3n) is 3.50. The van der Waals surface area contributed by atoms with Crippen LogP contribution in [0.4, 0.5) is 17.1 Å². The van der Waals surface area contributed by atoms with E-state index >= 15 is 0 Å². The molecule has 1 aromatic heterocycles. The molecule has 126 valence electrons. The lowest BCUT2D eigenvalue weighted by atomic mass is 10.1. The van der Waals surface area contributed by atoms with E-state index in [0.717, 1.165) is 4.70 Å². The van der Waals surface area contributed by atoms with Crippen LogP contribution < -0.4 is 5.32 Å². The smallest absolute Gasteiger partial charge is 0.292 e. The molecule has 0 amide bonds. The highest BCUT2D eigenvalue weighted by molar-refractivity contribution is 7.19. The van der Waals surface area contributed by atoms with Gasteiger partial charge in [-0.05, 0) is 23.8 Å². The molecule has 0 radical (unpaired) electrons.